The van der Waals surface area contributed by atoms with Crippen molar-refractivity contribution in [1.29, 1.82) is 0 Å². The molecule has 1 aromatic heterocycles. The Bertz CT molecular complexity index is 622. The molecule has 112 valence electrons. The lowest BCUT2D eigenvalue weighted by atomic mass is 10.2. The molecule has 0 fully saturated rings. The highest BCUT2D eigenvalue weighted by Crippen LogP contribution is 2.28. The molecule has 0 unspecified atom stereocenters. The molecule has 2 aromatic rings. The zero-order valence-electron chi connectivity index (χ0n) is 12.5. The second-order valence-electron chi connectivity index (χ2n) is 4.59. The molecular weight excluding hydrogens is 268 g/mol. The molecule has 0 aliphatic carbocycles. The van der Waals surface area contributed by atoms with Gasteiger partial charge in [0.15, 0.2) is 0 Å². The van der Waals surface area contributed by atoms with E-state index in [9.17, 15) is 4.79 Å². The van der Waals surface area contributed by atoms with E-state index in [4.69, 9.17) is 4.74 Å². The second kappa shape index (κ2) is 6.78. The van der Waals surface area contributed by atoms with Gasteiger partial charge in [0.2, 0.25) is 5.91 Å². The SMILES string of the molecule is CCn1nccc1CNc1ccc(NC(C)=O)c(OC)c1. The lowest BCUT2D eigenvalue weighted by molar-refractivity contribution is -0.114. The van der Waals surface area contributed by atoms with Gasteiger partial charge in [-0.3, -0.25) is 9.48 Å². The zero-order valence-corrected chi connectivity index (χ0v) is 12.5. The Labute approximate surface area is 124 Å². The summed E-state index contributed by atoms with van der Waals surface area (Å²) in [6, 6.07) is 7.57. The molecule has 0 radical (unpaired) electrons. The van der Waals surface area contributed by atoms with Crippen LogP contribution in [0.5, 0.6) is 5.75 Å². The minimum absolute atomic E-state index is 0.124. The van der Waals surface area contributed by atoms with Crippen LogP contribution in [0.25, 0.3) is 0 Å². The number of aromatic nitrogens is 2. The molecule has 1 heterocycles. The maximum absolute atomic E-state index is 11.1. The number of hydrogen-bond acceptors (Lipinski definition) is 4. The van der Waals surface area contributed by atoms with Gasteiger partial charge in [-0.05, 0) is 25.1 Å². The number of anilines is 2. The van der Waals surface area contributed by atoms with Gasteiger partial charge in [0.25, 0.3) is 0 Å². The summed E-state index contributed by atoms with van der Waals surface area (Å²) < 4.78 is 7.24. The van der Waals surface area contributed by atoms with Crippen molar-refractivity contribution in [3.05, 3.63) is 36.2 Å². The van der Waals surface area contributed by atoms with E-state index in [-0.39, 0.29) is 5.91 Å². The number of aryl methyl sites for hydroxylation is 1. The third kappa shape index (κ3) is 3.75. The summed E-state index contributed by atoms with van der Waals surface area (Å²) in [6.07, 6.45) is 1.79. The van der Waals surface area contributed by atoms with Crippen molar-refractivity contribution >= 4 is 17.3 Å². The monoisotopic (exact) mass is 288 g/mol. The molecule has 0 aliphatic heterocycles. The molecule has 0 spiro atoms. The molecule has 0 saturated heterocycles. The van der Waals surface area contributed by atoms with Crippen LogP contribution in [0.2, 0.25) is 0 Å². The van der Waals surface area contributed by atoms with E-state index in [1.165, 1.54) is 6.92 Å². The van der Waals surface area contributed by atoms with Crippen molar-refractivity contribution in [1.82, 2.24) is 9.78 Å². The number of amides is 1. The van der Waals surface area contributed by atoms with Crippen molar-refractivity contribution < 1.29 is 9.53 Å². The Morgan fingerprint density at radius 3 is 2.86 bits per heavy atom. The van der Waals surface area contributed by atoms with Crippen molar-refractivity contribution in [3.63, 3.8) is 0 Å². The van der Waals surface area contributed by atoms with Gasteiger partial charge in [0, 0.05) is 31.4 Å². The lowest BCUT2D eigenvalue weighted by Gasteiger charge is -2.12. The van der Waals surface area contributed by atoms with Crippen molar-refractivity contribution in [3.8, 4) is 5.75 Å². The van der Waals surface area contributed by atoms with Crippen molar-refractivity contribution in [2.24, 2.45) is 0 Å². The van der Waals surface area contributed by atoms with E-state index in [1.807, 2.05) is 28.9 Å². The van der Waals surface area contributed by atoms with E-state index in [1.54, 1.807) is 13.3 Å². The molecule has 0 saturated carbocycles. The molecular formula is C15H20N4O2. The van der Waals surface area contributed by atoms with E-state index in [2.05, 4.69) is 22.7 Å². The van der Waals surface area contributed by atoms with Gasteiger partial charge in [-0.2, -0.15) is 5.10 Å². The largest absolute Gasteiger partial charge is 0.494 e. The maximum Gasteiger partial charge on any atom is 0.221 e. The predicted octanol–water partition coefficient (Wildman–Crippen LogP) is 2.48. The Hall–Kier alpha value is -2.50. The fraction of sp³-hybridized carbons (Fsp3) is 0.333. The van der Waals surface area contributed by atoms with E-state index in [0.717, 1.165) is 17.9 Å². The number of ether oxygens (including phenoxy) is 1. The van der Waals surface area contributed by atoms with Gasteiger partial charge in [-0.15, -0.1) is 0 Å². The average molecular weight is 288 g/mol. The number of hydrogen-bond donors (Lipinski definition) is 2. The zero-order chi connectivity index (χ0) is 15.2. The highest BCUT2D eigenvalue weighted by Gasteiger charge is 2.06. The molecule has 0 aliphatic rings. The normalized spacial score (nSPS) is 10.2. The maximum atomic E-state index is 11.1. The van der Waals surface area contributed by atoms with E-state index >= 15 is 0 Å². The van der Waals surface area contributed by atoms with E-state index in [0.29, 0.717) is 18.0 Å². The number of nitrogens with zero attached hydrogens (tertiary/aromatic N) is 2. The Morgan fingerprint density at radius 2 is 2.19 bits per heavy atom. The van der Waals surface area contributed by atoms with Gasteiger partial charge in [0.1, 0.15) is 5.75 Å². The van der Waals surface area contributed by atoms with Crippen molar-refractivity contribution in [2.45, 2.75) is 26.9 Å². The minimum Gasteiger partial charge on any atom is -0.494 e. The lowest BCUT2D eigenvalue weighted by Crippen LogP contribution is -2.09. The third-order valence-corrected chi connectivity index (χ3v) is 3.09. The fourth-order valence-electron chi connectivity index (χ4n) is 2.08. The van der Waals surface area contributed by atoms with Crippen molar-refractivity contribution in [2.75, 3.05) is 17.7 Å². The summed E-state index contributed by atoms with van der Waals surface area (Å²) in [4.78, 5) is 11.1. The fourth-order valence-corrected chi connectivity index (χ4v) is 2.08. The predicted molar refractivity (Wildman–Crippen MR) is 82.5 cm³/mol. The topological polar surface area (TPSA) is 68.2 Å². The molecule has 2 rings (SSSR count). The van der Waals surface area contributed by atoms with Crippen LogP contribution in [0.15, 0.2) is 30.5 Å². The molecule has 6 nitrogen and oxygen atoms in total. The van der Waals surface area contributed by atoms with Gasteiger partial charge < -0.3 is 15.4 Å². The number of carbonyl (C=O) groups excluding carboxylic acids is 1. The van der Waals surface area contributed by atoms with Gasteiger partial charge in [0.05, 0.1) is 25.0 Å². The molecule has 0 atom stereocenters. The van der Waals surface area contributed by atoms with Gasteiger partial charge >= 0.3 is 0 Å². The first-order valence-corrected chi connectivity index (χ1v) is 6.84. The summed E-state index contributed by atoms with van der Waals surface area (Å²) >= 11 is 0. The van der Waals surface area contributed by atoms with Crippen LogP contribution in [-0.2, 0) is 17.9 Å². The third-order valence-electron chi connectivity index (χ3n) is 3.09. The Morgan fingerprint density at radius 1 is 1.38 bits per heavy atom. The molecule has 6 heteroatoms. The number of methoxy groups -OCH3 is 1. The van der Waals surface area contributed by atoms with Crippen LogP contribution in [-0.4, -0.2) is 22.8 Å². The first kappa shape index (κ1) is 14.9. The Balaban J connectivity index is 2.08. The highest BCUT2D eigenvalue weighted by atomic mass is 16.5. The molecule has 2 N–H and O–H groups in total. The quantitative estimate of drug-likeness (QED) is 0.857. The highest BCUT2D eigenvalue weighted by molar-refractivity contribution is 5.90. The number of rotatable bonds is 6. The Kier molecular flexibility index (Phi) is 4.81. The van der Waals surface area contributed by atoms with Crippen LogP contribution in [0.3, 0.4) is 0 Å². The molecule has 0 bridgehead atoms. The van der Waals surface area contributed by atoms with Gasteiger partial charge in [-0.25, -0.2) is 0 Å². The second-order valence-corrected chi connectivity index (χ2v) is 4.59. The van der Waals surface area contributed by atoms with Crippen LogP contribution >= 0.6 is 0 Å². The average Bonchev–Trinajstić information content (AvgIpc) is 2.93. The molecule has 1 amide bonds. The molecule has 21 heavy (non-hydrogen) atoms. The summed E-state index contributed by atoms with van der Waals surface area (Å²) in [5, 5.41) is 10.3. The summed E-state index contributed by atoms with van der Waals surface area (Å²) in [6.45, 7) is 5.05. The first-order chi connectivity index (χ1) is 10.1. The van der Waals surface area contributed by atoms with Crippen LogP contribution in [0.4, 0.5) is 11.4 Å². The number of carbonyl (C=O) groups is 1. The number of benzene rings is 1. The standard InChI is InChI=1S/C15H20N4O2/c1-4-19-13(7-8-17-19)10-16-12-5-6-14(18-11(2)20)15(9-12)21-3/h5-9,16H,4,10H2,1-3H3,(H,18,20). The van der Waals surface area contributed by atoms with E-state index < -0.39 is 0 Å². The molecule has 1 aromatic carbocycles. The smallest absolute Gasteiger partial charge is 0.221 e. The van der Waals surface area contributed by atoms with Crippen LogP contribution in [0, 0.1) is 0 Å². The summed E-state index contributed by atoms with van der Waals surface area (Å²) in [7, 11) is 1.58. The van der Waals surface area contributed by atoms with Crippen LogP contribution in [0.1, 0.15) is 19.5 Å². The minimum atomic E-state index is -0.124. The van der Waals surface area contributed by atoms with Gasteiger partial charge in [-0.1, -0.05) is 0 Å². The summed E-state index contributed by atoms with van der Waals surface area (Å²) in [5.74, 6) is 0.500. The first-order valence-electron chi connectivity index (χ1n) is 6.84. The summed E-state index contributed by atoms with van der Waals surface area (Å²) in [5.41, 5.74) is 2.70. The van der Waals surface area contributed by atoms with Crippen LogP contribution < -0.4 is 15.4 Å². The number of nitrogens with one attached hydrogen (secondary N) is 2.